The molecule has 2 heterocycles. The zero-order valence-corrected chi connectivity index (χ0v) is 10.9. The van der Waals surface area contributed by atoms with Crippen LogP contribution in [0.15, 0.2) is 6.07 Å². The minimum atomic E-state index is -0.165. The van der Waals surface area contributed by atoms with Crippen molar-refractivity contribution < 1.29 is 9.90 Å². The van der Waals surface area contributed by atoms with Crippen LogP contribution in [0.2, 0.25) is 10.2 Å². The van der Waals surface area contributed by atoms with Gasteiger partial charge in [-0.15, -0.1) is 0 Å². The number of amides is 1. The Balaban J connectivity index is 2.20. The smallest absolute Gasteiger partial charge is 0.270 e. The van der Waals surface area contributed by atoms with E-state index in [2.05, 4.69) is 4.98 Å². The van der Waals surface area contributed by atoms with Crippen LogP contribution < -0.4 is 0 Å². The van der Waals surface area contributed by atoms with Crippen LogP contribution in [-0.4, -0.2) is 40.1 Å². The number of nitrogens with one attached hydrogen (secondary N) is 1. The minimum absolute atomic E-state index is 0.0188. The van der Waals surface area contributed by atoms with Gasteiger partial charge >= 0.3 is 0 Å². The van der Waals surface area contributed by atoms with Gasteiger partial charge in [0.15, 0.2) is 0 Å². The lowest BCUT2D eigenvalue weighted by molar-refractivity contribution is 0.0643. The molecule has 1 aromatic heterocycles. The molecular weight excluding hydrogens is 263 g/mol. The Morgan fingerprint density at radius 1 is 1.65 bits per heavy atom. The van der Waals surface area contributed by atoms with Crippen molar-refractivity contribution in [3.63, 3.8) is 0 Å². The number of aromatic amines is 1. The van der Waals surface area contributed by atoms with Crippen LogP contribution >= 0.6 is 23.2 Å². The maximum Gasteiger partial charge on any atom is 0.270 e. The van der Waals surface area contributed by atoms with Crippen molar-refractivity contribution in [1.82, 2.24) is 9.88 Å². The topological polar surface area (TPSA) is 56.3 Å². The largest absolute Gasteiger partial charge is 0.394 e. The van der Waals surface area contributed by atoms with Crippen molar-refractivity contribution in [2.45, 2.75) is 19.4 Å². The predicted octanol–water partition coefficient (Wildman–Crippen LogP) is 2.16. The summed E-state index contributed by atoms with van der Waals surface area (Å²) in [5.41, 5.74) is 0.368. The zero-order chi connectivity index (χ0) is 12.6. The highest BCUT2D eigenvalue weighted by molar-refractivity contribution is 6.41. The van der Waals surface area contributed by atoms with Gasteiger partial charge in [0, 0.05) is 6.54 Å². The molecule has 2 rings (SSSR count). The number of hydrogen-bond acceptors (Lipinski definition) is 2. The maximum atomic E-state index is 12.2. The summed E-state index contributed by atoms with van der Waals surface area (Å²) in [6, 6.07) is 1.40. The number of aromatic nitrogens is 1. The molecule has 0 radical (unpaired) electrons. The van der Waals surface area contributed by atoms with Crippen LogP contribution in [0.5, 0.6) is 0 Å². The summed E-state index contributed by atoms with van der Waals surface area (Å²) in [7, 11) is 0. The third-order valence-corrected chi connectivity index (χ3v) is 3.98. The van der Waals surface area contributed by atoms with E-state index in [1.165, 1.54) is 6.07 Å². The second-order valence-corrected chi connectivity index (χ2v) is 5.14. The molecular formula is C11H14Cl2N2O2. The van der Waals surface area contributed by atoms with Crippen LogP contribution in [0.25, 0.3) is 0 Å². The van der Waals surface area contributed by atoms with Gasteiger partial charge in [0.2, 0.25) is 0 Å². The normalized spacial score (nSPS) is 24.4. The fourth-order valence-electron chi connectivity index (χ4n) is 2.21. The van der Waals surface area contributed by atoms with Gasteiger partial charge in [-0.1, -0.05) is 30.1 Å². The van der Waals surface area contributed by atoms with Crippen molar-refractivity contribution in [3.8, 4) is 0 Å². The molecule has 0 saturated carbocycles. The van der Waals surface area contributed by atoms with Crippen LogP contribution in [-0.2, 0) is 0 Å². The first-order valence-electron chi connectivity index (χ1n) is 5.50. The third-order valence-electron chi connectivity index (χ3n) is 3.29. The highest BCUT2D eigenvalue weighted by atomic mass is 35.5. The Labute approximate surface area is 110 Å². The molecule has 1 fully saturated rings. The number of likely N-dealkylation sites (tertiary alicyclic amines) is 1. The molecule has 0 aromatic carbocycles. The predicted molar refractivity (Wildman–Crippen MR) is 66.5 cm³/mol. The van der Waals surface area contributed by atoms with E-state index in [4.69, 9.17) is 23.2 Å². The maximum absolute atomic E-state index is 12.2. The summed E-state index contributed by atoms with van der Waals surface area (Å²) in [5.74, 6) is 0.145. The van der Waals surface area contributed by atoms with Crippen molar-refractivity contribution >= 4 is 29.1 Å². The lowest BCUT2D eigenvalue weighted by Crippen LogP contribution is -2.39. The van der Waals surface area contributed by atoms with Crippen LogP contribution in [0.1, 0.15) is 23.8 Å². The fourth-order valence-corrected chi connectivity index (χ4v) is 2.53. The van der Waals surface area contributed by atoms with Crippen molar-refractivity contribution in [3.05, 3.63) is 21.9 Å². The summed E-state index contributed by atoms with van der Waals surface area (Å²) >= 11 is 11.6. The molecule has 1 saturated heterocycles. The summed E-state index contributed by atoms with van der Waals surface area (Å²) < 4.78 is 0. The molecule has 17 heavy (non-hydrogen) atoms. The molecule has 2 N–H and O–H groups in total. The van der Waals surface area contributed by atoms with Gasteiger partial charge < -0.3 is 15.0 Å². The molecule has 2 atom stereocenters. The SMILES string of the molecule is CC1CCN(C(=O)c2cc(Cl)c(Cl)[nH]2)C1CO. The second-order valence-electron chi connectivity index (χ2n) is 4.36. The minimum Gasteiger partial charge on any atom is -0.394 e. The quantitative estimate of drug-likeness (QED) is 0.870. The first kappa shape index (κ1) is 12.7. The number of nitrogens with zero attached hydrogens (tertiary/aromatic N) is 1. The number of rotatable bonds is 2. The number of aliphatic hydroxyl groups is 1. The van der Waals surface area contributed by atoms with E-state index in [9.17, 15) is 9.90 Å². The van der Waals surface area contributed by atoms with Gasteiger partial charge in [-0.05, 0) is 18.4 Å². The van der Waals surface area contributed by atoms with E-state index in [-0.39, 0.29) is 23.7 Å². The van der Waals surface area contributed by atoms with Crippen molar-refractivity contribution in [2.24, 2.45) is 5.92 Å². The highest BCUT2D eigenvalue weighted by Gasteiger charge is 2.34. The molecule has 0 bridgehead atoms. The standard InChI is InChI=1S/C11H14Cl2N2O2/c1-6-2-3-15(9(6)5-16)11(17)8-4-7(12)10(13)14-8/h4,6,9,14,16H,2-3,5H2,1H3. The lowest BCUT2D eigenvalue weighted by atomic mass is 10.0. The van der Waals surface area contributed by atoms with E-state index in [1.807, 2.05) is 6.92 Å². The number of H-pyrrole nitrogens is 1. The Bertz CT molecular complexity index is 414. The summed E-state index contributed by atoms with van der Waals surface area (Å²) in [5, 5.41) is 9.91. The molecule has 4 nitrogen and oxygen atoms in total. The molecule has 0 spiro atoms. The average Bonchev–Trinajstić information content (AvgIpc) is 2.82. The van der Waals surface area contributed by atoms with E-state index in [0.29, 0.717) is 23.2 Å². The molecule has 2 unspecified atom stereocenters. The van der Waals surface area contributed by atoms with Gasteiger partial charge in [-0.2, -0.15) is 0 Å². The van der Waals surface area contributed by atoms with Crippen LogP contribution in [0, 0.1) is 5.92 Å². The van der Waals surface area contributed by atoms with Gasteiger partial charge in [-0.3, -0.25) is 4.79 Å². The van der Waals surface area contributed by atoms with Crippen molar-refractivity contribution in [1.29, 1.82) is 0 Å². The summed E-state index contributed by atoms with van der Waals surface area (Å²) in [6.45, 7) is 2.66. The van der Waals surface area contributed by atoms with Crippen LogP contribution in [0.4, 0.5) is 0 Å². The molecule has 6 heteroatoms. The number of carbonyl (C=O) groups excluding carboxylic acids is 1. The number of carbonyl (C=O) groups is 1. The Morgan fingerprint density at radius 2 is 2.35 bits per heavy atom. The average molecular weight is 277 g/mol. The molecule has 1 aliphatic heterocycles. The first-order chi connectivity index (χ1) is 8.04. The Morgan fingerprint density at radius 3 is 2.88 bits per heavy atom. The number of halogens is 2. The fraction of sp³-hybridized carbons (Fsp3) is 0.545. The third kappa shape index (κ3) is 2.30. The molecule has 0 aliphatic carbocycles. The van der Waals surface area contributed by atoms with E-state index >= 15 is 0 Å². The molecule has 1 amide bonds. The highest BCUT2D eigenvalue weighted by Crippen LogP contribution is 2.27. The molecule has 1 aliphatic rings. The van der Waals surface area contributed by atoms with E-state index in [0.717, 1.165) is 6.42 Å². The molecule has 94 valence electrons. The monoisotopic (exact) mass is 276 g/mol. The van der Waals surface area contributed by atoms with Gasteiger partial charge in [0.05, 0.1) is 17.7 Å². The van der Waals surface area contributed by atoms with E-state index < -0.39 is 0 Å². The van der Waals surface area contributed by atoms with Gasteiger partial charge in [0.25, 0.3) is 5.91 Å². The second kappa shape index (κ2) is 4.88. The summed E-state index contributed by atoms with van der Waals surface area (Å²) in [6.07, 6.45) is 0.902. The number of hydrogen-bond donors (Lipinski definition) is 2. The summed E-state index contributed by atoms with van der Waals surface area (Å²) in [4.78, 5) is 16.6. The first-order valence-corrected chi connectivity index (χ1v) is 6.26. The number of aliphatic hydroxyl groups excluding tert-OH is 1. The van der Waals surface area contributed by atoms with Gasteiger partial charge in [-0.25, -0.2) is 0 Å². The Kier molecular flexibility index (Phi) is 3.66. The molecule has 1 aromatic rings. The van der Waals surface area contributed by atoms with Gasteiger partial charge in [0.1, 0.15) is 10.8 Å². The zero-order valence-electron chi connectivity index (χ0n) is 9.41. The lowest BCUT2D eigenvalue weighted by Gasteiger charge is -2.24. The Hall–Kier alpha value is -0.710. The van der Waals surface area contributed by atoms with Crippen LogP contribution in [0.3, 0.4) is 0 Å². The van der Waals surface area contributed by atoms with E-state index in [1.54, 1.807) is 4.90 Å². The van der Waals surface area contributed by atoms with Crippen molar-refractivity contribution in [2.75, 3.05) is 13.2 Å².